The summed E-state index contributed by atoms with van der Waals surface area (Å²) in [6.45, 7) is 3.38. The van der Waals surface area contributed by atoms with E-state index >= 15 is 0 Å². The van der Waals surface area contributed by atoms with E-state index in [0.717, 1.165) is 10.6 Å². The van der Waals surface area contributed by atoms with Crippen molar-refractivity contribution in [2.45, 2.75) is 20.0 Å². The molecule has 0 aliphatic carbocycles. The Morgan fingerprint density at radius 1 is 1.00 bits per heavy atom. The van der Waals surface area contributed by atoms with Crippen molar-refractivity contribution in [1.29, 1.82) is 0 Å². The summed E-state index contributed by atoms with van der Waals surface area (Å²) in [6, 6.07) is 18.6. The molecular weight excluding hydrogens is 362 g/mol. The number of thiazole rings is 1. The molecule has 2 amide bonds. The Hall–Kier alpha value is -3.19. The number of nitrogens with one attached hydrogen (secondary N) is 2. The van der Waals surface area contributed by atoms with Gasteiger partial charge in [0.05, 0.1) is 5.69 Å². The highest BCUT2D eigenvalue weighted by Crippen LogP contribution is 2.27. The minimum absolute atomic E-state index is 0.410. The average Bonchev–Trinajstić information content (AvgIpc) is 3.09. The number of amides is 2. The number of nitrogens with zero attached hydrogens (tertiary/aromatic N) is 1. The summed E-state index contributed by atoms with van der Waals surface area (Å²) < 4.78 is 5.53. The van der Waals surface area contributed by atoms with Crippen LogP contribution in [0.4, 0.5) is 0 Å². The molecule has 1 heterocycles. The lowest BCUT2D eigenvalue weighted by atomic mass is 10.2. The van der Waals surface area contributed by atoms with E-state index in [1.807, 2.05) is 48.5 Å². The minimum atomic E-state index is -0.755. The maximum Gasteiger partial charge on any atom is 0.281 e. The van der Waals surface area contributed by atoms with Gasteiger partial charge in [0, 0.05) is 5.56 Å². The van der Waals surface area contributed by atoms with Crippen LogP contribution >= 0.6 is 11.3 Å². The normalized spacial score (nSPS) is 11.5. The number of ether oxygens (including phenoxy) is 1. The van der Waals surface area contributed by atoms with Gasteiger partial charge in [0.15, 0.2) is 6.10 Å². The van der Waals surface area contributed by atoms with Gasteiger partial charge in [0.25, 0.3) is 11.8 Å². The molecule has 0 fully saturated rings. The van der Waals surface area contributed by atoms with Crippen molar-refractivity contribution in [2.75, 3.05) is 0 Å². The number of carbonyl (C=O) groups excluding carboxylic acids is 2. The van der Waals surface area contributed by atoms with E-state index in [-0.39, 0.29) is 0 Å². The number of rotatable bonds is 5. The van der Waals surface area contributed by atoms with E-state index < -0.39 is 17.9 Å². The molecule has 0 aliphatic heterocycles. The fourth-order valence-electron chi connectivity index (χ4n) is 2.34. The second-order valence-electron chi connectivity index (χ2n) is 5.82. The predicted molar refractivity (Wildman–Crippen MR) is 104 cm³/mol. The second kappa shape index (κ2) is 8.46. The van der Waals surface area contributed by atoms with Crippen molar-refractivity contribution in [1.82, 2.24) is 15.8 Å². The molecule has 1 atom stereocenters. The van der Waals surface area contributed by atoms with Crippen molar-refractivity contribution >= 4 is 23.2 Å². The third-order valence-corrected chi connectivity index (χ3v) is 4.95. The molecule has 1 unspecified atom stereocenters. The molecule has 3 rings (SSSR count). The molecule has 1 aromatic heterocycles. The average molecular weight is 381 g/mol. The highest BCUT2D eigenvalue weighted by Gasteiger charge is 2.19. The molecular formula is C20H19N3O3S. The highest BCUT2D eigenvalue weighted by molar-refractivity contribution is 7.17. The molecule has 6 nitrogen and oxygen atoms in total. The molecule has 27 heavy (non-hydrogen) atoms. The van der Waals surface area contributed by atoms with E-state index in [9.17, 15) is 9.59 Å². The van der Waals surface area contributed by atoms with E-state index in [4.69, 9.17) is 4.74 Å². The van der Waals surface area contributed by atoms with E-state index in [2.05, 4.69) is 15.8 Å². The van der Waals surface area contributed by atoms with Crippen LogP contribution in [0.2, 0.25) is 0 Å². The molecule has 0 radical (unpaired) electrons. The summed E-state index contributed by atoms with van der Waals surface area (Å²) >= 11 is 1.28. The van der Waals surface area contributed by atoms with Gasteiger partial charge in [0.1, 0.15) is 15.6 Å². The zero-order valence-electron chi connectivity index (χ0n) is 14.9. The predicted octanol–water partition coefficient (Wildman–Crippen LogP) is 3.35. The van der Waals surface area contributed by atoms with Gasteiger partial charge in [0.2, 0.25) is 0 Å². The quantitative estimate of drug-likeness (QED) is 0.664. The van der Waals surface area contributed by atoms with Crippen molar-refractivity contribution in [3.63, 3.8) is 0 Å². The topological polar surface area (TPSA) is 80.3 Å². The van der Waals surface area contributed by atoms with Crippen LogP contribution in [0.1, 0.15) is 22.3 Å². The Kier molecular flexibility index (Phi) is 5.83. The SMILES string of the molecule is Cc1nc(-c2ccccc2)sc1C(=O)NNC(=O)C(C)Oc1ccccc1. The Morgan fingerprint density at radius 3 is 2.30 bits per heavy atom. The zero-order chi connectivity index (χ0) is 19.2. The van der Waals surface area contributed by atoms with Gasteiger partial charge in [-0.1, -0.05) is 48.5 Å². The highest BCUT2D eigenvalue weighted by atomic mass is 32.1. The first kappa shape index (κ1) is 18.6. The summed E-state index contributed by atoms with van der Waals surface area (Å²) in [4.78, 5) is 29.4. The van der Waals surface area contributed by atoms with Gasteiger partial charge in [-0.25, -0.2) is 4.98 Å². The number of aryl methyl sites for hydroxylation is 1. The fraction of sp³-hybridized carbons (Fsp3) is 0.150. The molecule has 0 aliphatic rings. The first-order chi connectivity index (χ1) is 13.0. The number of hydrogen-bond donors (Lipinski definition) is 2. The Bertz CT molecular complexity index is 926. The molecule has 0 bridgehead atoms. The van der Waals surface area contributed by atoms with Crippen molar-refractivity contribution < 1.29 is 14.3 Å². The molecule has 2 aromatic carbocycles. The molecule has 138 valence electrons. The van der Waals surface area contributed by atoms with Gasteiger partial charge >= 0.3 is 0 Å². The summed E-state index contributed by atoms with van der Waals surface area (Å²) in [5, 5.41) is 0.755. The summed E-state index contributed by atoms with van der Waals surface area (Å²) in [6.07, 6.45) is -0.755. The lowest BCUT2D eigenvalue weighted by Crippen LogP contribution is -2.47. The minimum Gasteiger partial charge on any atom is -0.481 e. The largest absolute Gasteiger partial charge is 0.481 e. The van der Waals surface area contributed by atoms with E-state index in [1.54, 1.807) is 26.0 Å². The van der Waals surface area contributed by atoms with Crippen LogP contribution in [-0.4, -0.2) is 22.9 Å². The molecule has 0 saturated heterocycles. The van der Waals surface area contributed by atoms with Gasteiger partial charge in [-0.2, -0.15) is 0 Å². The first-order valence-corrected chi connectivity index (χ1v) is 9.21. The van der Waals surface area contributed by atoms with Crippen molar-refractivity contribution in [2.24, 2.45) is 0 Å². The third-order valence-electron chi connectivity index (χ3n) is 3.75. The monoisotopic (exact) mass is 381 g/mol. The lowest BCUT2D eigenvalue weighted by Gasteiger charge is -2.14. The lowest BCUT2D eigenvalue weighted by molar-refractivity contribution is -0.128. The van der Waals surface area contributed by atoms with Crippen molar-refractivity contribution in [3.8, 4) is 16.3 Å². The first-order valence-electron chi connectivity index (χ1n) is 8.39. The molecule has 2 N–H and O–H groups in total. The molecule has 0 saturated carbocycles. The number of para-hydroxylation sites is 1. The van der Waals surface area contributed by atoms with Crippen LogP contribution < -0.4 is 15.6 Å². The van der Waals surface area contributed by atoms with Crippen molar-refractivity contribution in [3.05, 3.63) is 71.2 Å². The molecule has 7 heteroatoms. The number of aromatic nitrogens is 1. The van der Waals surface area contributed by atoms with Gasteiger partial charge in [-0.15, -0.1) is 11.3 Å². The number of hydrazine groups is 1. The van der Waals surface area contributed by atoms with Gasteiger partial charge in [-0.05, 0) is 26.0 Å². The number of benzene rings is 2. The Balaban J connectivity index is 1.59. The smallest absolute Gasteiger partial charge is 0.281 e. The summed E-state index contributed by atoms with van der Waals surface area (Å²) in [7, 11) is 0. The maximum absolute atomic E-state index is 12.4. The fourth-order valence-corrected chi connectivity index (χ4v) is 3.31. The van der Waals surface area contributed by atoms with Crippen LogP contribution in [0.5, 0.6) is 5.75 Å². The van der Waals surface area contributed by atoms with E-state index in [1.165, 1.54) is 11.3 Å². The van der Waals surface area contributed by atoms with Gasteiger partial charge < -0.3 is 4.74 Å². The number of carbonyl (C=O) groups is 2. The van der Waals surface area contributed by atoms with Crippen LogP contribution in [0.25, 0.3) is 10.6 Å². The summed E-state index contributed by atoms with van der Waals surface area (Å²) in [5.41, 5.74) is 6.37. The standard InChI is InChI=1S/C20H19N3O3S/c1-13-17(27-20(21-13)15-9-5-3-6-10-15)19(25)23-22-18(24)14(2)26-16-11-7-4-8-12-16/h3-12,14H,1-2H3,(H,22,24)(H,23,25). The molecule has 3 aromatic rings. The van der Waals surface area contributed by atoms with E-state index in [0.29, 0.717) is 16.3 Å². The second-order valence-corrected chi connectivity index (χ2v) is 6.82. The summed E-state index contributed by atoms with van der Waals surface area (Å²) in [5.74, 6) is -0.276. The maximum atomic E-state index is 12.4. The number of hydrogen-bond acceptors (Lipinski definition) is 5. The van der Waals surface area contributed by atoms with Crippen LogP contribution in [0.3, 0.4) is 0 Å². The van der Waals surface area contributed by atoms with Crippen LogP contribution in [0, 0.1) is 6.92 Å². The Labute approximate surface area is 161 Å². The van der Waals surface area contributed by atoms with Crippen LogP contribution in [0.15, 0.2) is 60.7 Å². The van der Waals surface area contributed by atoms with Gasteiger partial charge in [-0.3, -0.25) is 20.4 Å². The molecule has 0 spiro atoms. The van der Waals surface area contributed by atoms with Crippen LogP contribution in [-0.2, 0) is 4.79 Å². The third kappa shape index (κ3) is 4.71. The Morgan fingerprint density at radius 2 is 1.63 bits per heavy atom. The zero-order valence-corrected chi connectivity index (χ0v) is 15.7.